The fourth-order valence-corrected chi connectivity index (χ4v) is 4.10. The molecule has 0 saturated carbocycles. The number of benzene rings is 1. The van der Waals surface area contributed by atoms with E-state index in [0.717, 1.165) is 44.0 Å². The van der Waals surface area contributed by atoms with E-state index in [4.69, 9.17) is 11.6 Å². The summed E-state index contributed by atoms with van der Waals surface area (Å²) in [6.45, 7) is 6.15. The van der Waals surface area contributed by atoms with Gasteiger partial charge in [-0.25, -0.2) is 0 Å². The molecule has 0 aliphatic carbocycles. The van der Waals surface area contributed by atoms with E-state index in [-0.39, 0.29) is 0 Å². The first-order valence-electron chi connectivity index (χ1n) is 7.58. The summed E-state index contributed by atoms with van der Waals surface area (Å²) in [7, 11) is 0. The second-order valence-electron chi connectivity index (χ2n) is 5.46. The summed E-state index contributed by atoms with van der Waals surface area (Å²) in [6.07, 6.45) is 2.28. The Hall–Kier alpha value is -1.03. The van der Waals surface area contributed by atoms with Gasteiger partial charge in [-0.05, 0) is 48.0 Å². The minimum absolute atomic E-state index is 0.865. The third-order valence-corrected chi connectivity index (χ3v) is 5.26. The van der Waals surface area contributed by atoms with E-state index in [9.17, 15) is 0 Å². The van der Waals surface area contributed by atoms with E-state index >= 15 is 0 Å². The van der Waals surface area contributed by atoms with E-state index in [2.05, 4.69) is 40.7 Å². The monoisotopic (exact) mass is 320 g/mol. The van der Waals surface area contributed by atoms with Crippen LogP contribution in [0.4, 0.5) is 5.69 Å². The van der Waals surface area contributed by atoms with E-state index in [1.807, 2.05) is 17.4 Å². The van der Waals surface area contributed by atoms with Crippen LogP contribution in [-0.4, -0.2) is 13.1 Å². The lowest BCUT2D eigenvalue weighted by Gasteiger charge is -2.31. The Balaban J connectivity index is 1.84. The fourth-order valence-electron chi connectivity index (χ4n) is 2.90. The molecular weight excluding hydrogens is 300 g/mol. The number of hydrogen-bond donors (Lipinski definition) is 1. The Labute approximate surface area is 135 Å². The molecule has 1 aromatic carbocycles. The number of halogens is 1. The highest BCUT2D eigenvalue weighted by Crippen LogP contribution is 2.34. The minimum Gasteiger partial charge on any atom is -0.365 e. The molecule has 1 aliphatic heterocycles. The van der Waals surface area contributed by atoms with E-state index in [1.54, 1.807) is 0 Å². The topological polar surface area (TPSA) is 15.3 Å². The van der Waals surface area contributed by atoms with Crippen molar-refractivity contribution in [3.8, 4) is 0 Å². The molecule has 21 heavy (non-hydrogen) atoms. The molecule has 0 unspecified atom stereocenters. The van der Waals surface area contributed by atoms with Crippen LogP contribution in [-0.2, 0) is 19.5 Å². The van der Waals surface area contributed by atoms with Crippen LogP contribution < -0.4 is 10.2 Å². The molecule has 0 fully saturated rings. The maximum Gasteiger partial charge on any atom is 0.0643 e. The van der Waals surface area contributed by atoms with Crippen LogP contribution >= 0.6 is 22.9 Å². The third-order valence-electron chi connectivity index (χ3n) is 3.94. The lowest BCUT2D eigenvalue weighted by atomic mass is 10.1. The van der Waals surface area contributed by atoms with Gasteiger partial charge in [-0.2, -0.15) is 0 Å². The quantitative estimate of drug-likeness (QED) is 0.818. The second-order valence-corrected chi connectivity index (χ2v) is 6.87. The lowest BCUT2D eigenvalue weighted by Crippen LogP contribution is -2.31. The first-order valence-corrected chi connectivity index (χ1v) is 8.83. The van der Waals surface area contributed by atoms with Gasteiger partial charge in [-0.3, -0.25) is 0 Å². The van der Waals surface area contributed by atoms with Gasteiger partial charge in [0.05, 0.1) is 10.7 Å². The van der Waals surface area contributed by atoms with Gasteiger partial charge in [0.2, 0.25) is 0 Å². The minimum atomic E-state index is 0.865. The van der Waals surface area contributed by atoms with E-state index in [1.165, 1.54) is 21.7 Å². The average Bonchev–Trinajstić information content (AvgIpc) is 2.95. The summed E-state index contributed by atoms with van der Waals surface area (Å²) in [4.78, 5) is 3.96. The molecule has 0 spiro atoms. The molecule has 1 N–H and O–H groups in total. The van der Waals surface area contributed by atoms with Crippen molar-refractivity contribution >= 4 is 28.6 Å². The van der Waals surface area contributed by atoms with Gasteiger partial charge >= 0.3 is 0 Å². The predicted molar refractivity (Wildman–Crippen MR) is 92.5 cm³/mol. The molecule has 1 aromatic heterocycles. The van der Waals surface area contributed by atoms with Crippen LogP contribution in [0.25, 0.3) is 0 Å². The molecule has 0 saturated heterocycles. The summed E-state index contributed by atoms with van der Waals surface area (Å²) in [5, 5.41) is 6.55. The van der Waals surface area contributed by atoms with Crippen LogP contribution in [0.1, 0.15) is 29.3 Å². The smallest absolute Gasteiger partial charge is 0.0643 e. The number of anilines is 1. The first kappa shape index (κ1) is 14.9. The number of rotatable bonds is 5. The van der Waals surface area contributed by atoms with Crippen LogP contribution in [0.2, 0.25) is 5.02 Å². The molecule has 1 aliphatic rings. The molecule has 0 bridgehead atoms. The Kier molecular flexibility index (Phi) is 4.84. The van der Waals surface area contributed by atoms with Crippen molar-refractivity contribution in [3.63, 3.8) is 0 Å². The highest BCUT2D eigenvalue weighted by Gasteiger charge is 2.21. The Morgan fingerprint density at radius 3 is 3.10 bits per heavy atom. The zero-order valence-corrected chi connectivity index (χ0v) is 13.9. The molecule has 0 radical (unpaired) electrons. The number of hydrogen-bond acceptors (Lipinski definition) is 3. The number of thiophene rings is 1. The van der Waals surface area contributed by atoms with Crippen LogP contribution in [0, 0.1) is 0 Å². The number of para-hydroxylation sites is 1. The van der Waals surface area contributed by atoms with Crippen molar-refractivity contribution in [1.82, 2.24) is 5.32 Å². The Morgan fingerprint density at radius 2 is 2.24 bits per heavy atom. The highest BCUT2D eigenvalue weighted by molar-refractivity contribution is 7.10. The molecule has 112 valence electrons. The summed E-state index contributed by atoms with van der Waals surface area (Å²) >= 11 is 8.39. The summed E-state index contributed by atoms with van der Waals surface area (Å²) in [5.41, 5.74) is 3.97. The van der Waals surface area contributed by atoms with Gasteiger partial charge in [0.15, 0.2) is 0 Å². The maximum absolute atomic E-state index is 6.51. The molecule has 0 atom stereocenters. The molecule has 0 amide bonds. The zero-order chi connectivity index (χ0) is 14.7. The standard InChI is InChI=1S/C17H21ClN2S/c1-2-8-19-11-13-4-3-5-15(18)17(13)20-9-6-16-14(12-20)7-10-21-16/h3-5,7,10,19H,2,6,8-9,11-12H2,1H3. The normalized spacial score (nSPS) is 14.3. The third kappa shape index (κ3) is 3.25. The number of nitrogens with one attached hydrogen (secondary N) is 1. The van der Waals surface area contributed by atoms with Gasteiger partial charge in [-0.1, -0.05) is 30.7 Å². The van der Waals surface area contributed by atoms with Crippen LogP contribution in [0.5, 0.6) is 0 Å². The zero-order valence-electron chi connectivity index (χ0n) is 12.4. The van der Waals surface area contributed by atoms with E-state index in [0.29, 0.717) is 0 Å². The fraction of sp³-hybridized carbons (Fsp3) is 0.412. The van der Waals surface area contributed by atoms with Gasteiger partial charge in [0, 0.05) is 24.5 Å². The molecular formula is C17H21ClN2S. The molecule has 2 aromatic rings. The Morgan fingerprint density at radius 1 is 1.33 bits per heavy atom. The average molecular weight is 321 g/mol. The number of fused-ring (bicyclic) bond motifs is 1. The first-order chi connectivity index (χ1) is 10.3. The molecule has 4 heteroatoms. The summed E-state index contributed by atoms with van der Waals surface area (Å²) in [6, 6.07) is 8.49. The lowest BCUT2D eigenvalue weighted by molar-refractivity contribution is 0.668. The largest absolute Gasteiger partial charge is 0.365 e. The van der Waals surface area contributed by atoms with Crippen molar-refractivity contribution in [2.75, 3.05) is 18.0 Å². The van der Waals surface area contributed by atoms with Crippen molar-refractivity contribution in [2.45, 2.75) is 32.9 Å². The maximum atomic E-state index is 6.51. The highest BCUT2D eigenvalue weighted by atomic mass is 35.5. The van der Waals surface area contributed by atoms with Crippen molar-refractivity contribution in [3.05, 3.63) is 50.7 Å². The molecule has 2 heterocycles. The van der Waals surface area contributed by atoms with Crippen molar-refractivity contribution in [2.24, 2.45) is 0 Å². The van der Waals surface area contributed by atoms with Gasteiger partial charge in [-0.15, -0.1) is 11.3 Å². The van der Waals surface area contributed by atoms with Crippen LogP contribution in [0.3, 0.4) is 0 Å². The van der Waals surface area contributed by atoms with Crippen molar-refractivity contribution < 1.29 is 0 Å². The molecule has 2 nitrogen and oxygen atoms in total. The molecule has 3 rings (SSSR count). The second kappa shape index (κ2) is 6.82. The van der Waals surface area contributed by atoms with E-state index < -0.39 is 0 Å². The van der Waals surface area contributed by atoms with Crippen molar-refractivity contribution in [1.29, 1.82) is 0 Å². The Bertz CT molecular complexity index is 609. The van der Waals surface area contributed by atoms with Gasteiger partial charge in [0.25, 0.3) is 0 Å². The summed E-state index contributed by atoms with van der Waals surface area (Å²) < 4.78 is 0. The van der Waals surface area contributed by atoms with Gasteiger partial charge < -0.3 is 10.2 Å². The van der Waals surface area contributed by atoms with Gasteiger partial charge in [0.1, 0.15) is 0 Å². The SMILES string of the molecule is CCCNCc1cccc(Cl)c1N1CCc2sccc2C1. The number of nitrogens with zero attached hydrogens (tertiary/aromatic N) is 1. The van der Waals surface area contributed by atoms with Crippen LogP contribution in [0.15, 0.2) is 29.6 Å². The summed E-state index contributed by atoms with van der Waals surface area (Å²) in [5.74, 6) is 0. The predicted octanol–water partition coefficient (Wildman–Crippen LogP) is 4.46.